The van der Waals surface area contributed by atoms with Crippen LogP contribution in [-0.2, 0) is 5.60 Å². The van der Waals surface area contributed by atoms with Gasteiger partial charge < -0.3 is 5.11 Å². The molecule has 0 bridgehead atoms. The molecule has 1 N–H and O–H groups in total. The van der Waals surface area contributed by atoms with Gasteiger partial charge in [-0.1, -0.05) is 6.07 Å². The van der Waals surface area contributed by atoms with Gasteiger partial charge in [0, 0.05) is 0 Å². The molecule has 2 aliphatic carbocycles. The Labute approximate surface area is 108 Å². The van der Waals surface area contributed by atoms with Gasteiger partial charge in [-0.2, -0.15) is 0 Å². The summed E-state index contributed by atoms with van der Waals surface area (Å²) in [4.78, 5) is 0. The Kier molecular flexibility index (Phi) is 2.93. The highest BCUT2D eigenvalue weighted by Crippen LogP contribution is 2.49. The summed E-state index contributed by atoms with van der Waals surface area (Å²) in [5.41, 5.74) is 1.03. The highest BCUT2D eigenvalue weighted by atomic mass is 19.1. The van der Waals surface area contributed by atoms with Gasteiger partial charge in [0.1, 0.15) is 5.82 Å². The third-order valence-electron chi connectivity index (χ3n) is 4.75. The summed E-state index contributed by atoms with van der Waals surface area (Å²) < 4.78 is 13.4. The standard InChI is InChI=1S/C16H21FO/c1-11-4-7-14(17)9-15(11)16(18)8-2-3-13(10-16)12-5-6-12/h4,7,9,12-13,18H,2-3,5-6,8,10H2,1H3. The molecule has 0 aliphatic heterocycles. The molecule has 1 aromatic carbocycles. The Bertz CT molecular complexity index is 452. The third kappa shape index (κ3) is 2.18. The van der Waals surface area contributed by atoms with Crippen molar-refractivity contribution in [3.63, 3.8) is 0 Å². The first-order valence-corrected chi connectivity index (χ1v) is 7.07. The lowest BCUT2D eigenvalue weighted by atomic mass is 9.72. The largest absolute Gasteiger partial charge is 0.385 e. The molecule has 0 radical (unpaired) electrons. The summed E-state index contributed by atoms with van der Waals surface area (Å²) in [6, 6.07) is 4.79. The van der Waals surface area contributed by atoms with E-state index in [1.807, 2.05) is 6.92 Å². The van der Waals surface area contributed by atoms with Crippen LogP contribution in [0.25, 0.3) is 0 Å². The maximum atomic E-state index is 13.4. The average Bonchev–Trinajstić information content (AvgIpc) is 3.16. The predicted octanol–water partition coefficient (Wildman–Crippen LogP) is 3.92. The van der Waals surface area contributed by atoms with E-state index in [0.29, 0.717) is 5.92 Å². The van der Waals surface area contributed by atoms with Gasteiger partial charge in [0.25, 0.3) is 0 Å². The monoisotopic (exact) mass is 248 g/mol. The first-order chi connectivity index (χ1) is 8.58. The molecule has 0 spiro atoms. The molecular formula is C16H21FO. The van der Waals surface area contributed by atoms with E-state index >= 15 is 0 Å². The summed E-state index contributed by atoms with van der Waals surface area (Å²) in [6.45, 7) is 1.97. The van der Waals surface area contributed by atoms with Crippen LogP contribution in [0.1, 0.15) is 49.7 Å². The molecule has 0 aromatic heterocycles. The Balaban J connectivity index is 1.90. The smallest absolute Gasteiger partial charge is 0.123 e. The first-order valence-electron chi connectivity index (χ1n) is 7.07. The quantitative estimate of drug-likeness (QED) is 0.841. The molecular weight excluding hydrogens is 227 g/mol. The second-order valence-electron chi connectivity index (χ2n) is 6.18. The number of benzene rings is 1. The summed E-state index contributed by atoms with van der Waals surface area (Å²) in [5.74, 6) is 1.23. The van der Waals surface area contributed by atoms with Crippen LogP contribution in [0.3, 0.4) is 0 Å². The fraction of sp³-hybridized carbons (Fsp3) is 0.625. The molecule has 2 aliphatic rings. The number of halogens is 1. The maximum absolute atomic E-state index is 13.4. The number of hydrogen-bond donors (Lipinski definition) is 1. The normalized spacial score (nSPS) is 32.5. The van der Waals surface area contributed by atoms with Gasteiger partial charge in [-0.05, 0) is 80.5 Å². The molecule has 0 saturated heterocycles. The van der Waals surface area contributed by atoms with Crippen molar-refractivity contribution in [3.8, 4) is 0 Å². The molecule has 2 unspecified atom stereocenters. The van der Waals surface area contributed by atoms with Crippen molar-refractivity contribution in [2.45, 2.75) is 51.0 Å². The Hall–Kier alpha value is -0.890. The molecule has 2 atom stereocenters. The fourth-order valence-electron chi connectivity index (χ4n) is 3.60. The van der Waals surface area contributed by atoms with Crippen molar-refractivity contribution in [2.24, 2.45) is 11.8 Å². The molecule has 2 heteroatoms. The van der Waals surface area contributed by atoms with Crippen LogP contribution >= 0.6 is 0 Å². The van der Waals surface area contributed by atoms with Crippen molar-refractivity contribution in [2.75, 3.05) is 0 Å². The molecule has 1 nitrogen and oxygen atoms in total. The molecule has 2 saturated carbocycles. The van der Waals surface area contributed by atoms with E-state index in [1.54, 1.807) is 6.07 Å². The zero-order valence-electron chi connectivity index (χ0n) is 11.0. The van der Waals surface area contributed by atoms with Crippen molar-refractivity contribution in [1.82, 2.24) is 0 Å². The van der Waals surface area contributed by atoms with E-state index in [1.165, 1.54) is 31.4 Å². The van der Waals surface area contributed by atoms with Crippen LogP contribution in [0.15, 0.2) is 18.2 Å². The van der Waals surface area contributed by atoms with E-state index < -0.39 is 5.60 Å². The van der Waals surface area contributed by atoms with Gasteiger partial charge in [0.15, 0.2) is 0 Å². The Morgan fingerprint density at radius 3 is 2.72 bits per heavy atom. The lowest BCUT2D eigenvalue weighted by Gasteiger charge is -2.38. The van der Waals surface area contributed by atoms with Crippen molar-refractivity contribution in [1.29, 1.82) is 0 Å². The molecule has 3 rings (SSSR count). The lowest BCUT2D eigenvalue weighted by Crippen LogP contribution is -2.34. The minimum Gasteiger partial charge on any atom is -0.385 e. The van der Waals surface area contributed by atoms with Gasteiger partial charge in [-0.25, -0.2) is 4.39 Å². The van der Waals surface area contributed by atoms with Crippen LogP contribution in [0.4, 0.5) is 4.39 Å². The summed E-state index contributed by atoms with van der Waals surface area (Å²) in [5, 5.41) is 10.9. The van der Waals surface area contributed by atoms with Crippen LogP contribution in [-0.4, -0.2) is 5.11 Å². The molecule has 0 amide bonds. The van der Waals surface area contributed by atoms with Gasteiger partial charge in [-0.3, -0.25) is 0 Å². The minimum absolute atomic E-state index is 0.238. The van der Waals surface area contributed by atoms with Gasteiger partial charge >= 0.3 is 0 Å². The molecule has 98 valence electrons. The highest BCUT2D eigenvalue weighted by molar-refractivity contribution is 5.32. The van der Waals surface area contributed by atoms with Gasteiger partial charge in [0.05, 0.1) is 5.60 Å². The van der Waals surface area contributed by atoms with E-state index in [4.69, 9.17) is 0 Å². The molecule has 0 heterocycles. The summed E-state index contributed by atoms with van der Waals surface area (Å²) in [7, 11) is 0. The van der Waals surface area contributed by atoms with Crippen molar-refractivity contribution < 1.29 is 9.50 Å². The topological polar surface area (TPSA) is 20.2 Å². The predicted molar refractivity (Wildman–Crippen MR) is 69.7 cm³/mol. The first kappa shape index (κ1) is 12.2. The zero-order chi connectivity index (χ0) is 12.8. The Morgan fingerprint density at radius 2 is 2.00 bits per heavy atom. The number of hydrogen-bond acceptors (Lipinski definition) is 1. The van der Waals surface area contributed by atoms with E-state index in [9.17, 15) is 9.50 Å². The van der Waals surface area contributed by atoms with Crippen LogP contribution < -0.4 is 0 Å². The SMILES string of the molecule is Cc1ccc(F)cc1C1(O)CCCC(C2CC2)C1. The summed E-state index contributed by atoms with van der Waals surface area (Å²) in [6.07, 6.45) is 6.54. The van der Waals surface area contributed by atoms with Crippen molar-refractivity contribution >= 4 is 0 Å². The van der Waals surface area contributed by atoms with Gasteiger partial charge in [-0.15, -0.1) is 0 Å². The highest BCUT2D eigenvalue weighted by Gasteiger charge is 2.42. The maximum Gasteiger partial charge on any atom is 0.123 e. The van der Waals surface area contributed by atoms with Crippen LogP contribution in [0.5, 0.6) is 0 Å². The van der Waals surface area contributed by atoms with Crippen LogP contribution in [0.2, 0.25) is 0 Å². The lowest BCUT2D eigenvalue weighted by molar-refractivity contribution is -0.0258. The third-order valence-corrected chi connectivity index (χ3v) is 4.75. The van der Waals surface area contributed by atoms with E-state index in [2.05, 4.69) is 0 Å². The average molecular weight is 248 g/mol. The number of rotatable bonds is 2. The minimum atomic E-state index is -0.794. The zero-order valence-corrected chi connectivity index (χ0v) is 11.0. The second kappa shape index (κ2) is 4.34. The second-order valence-corrected chi connectivity index (χ2v) is 6.18. The number of aliphatic hydroxyl groups is 1. The molecule has 18 heavy (non-hydrogen) atoms. The van der Waals surface area contributed by atoms with Gasteiger partial charge in [0.2, 0.25) is 0 Å². The molecule has 1 aromatic rings. The fourth-order valence-corrected chi connectivity index (χ4v) is 3.60. The summed E-state index contributed by atoms with van der Waals surface area (Å²) >= 11 is 0. The Morgan fingerprint density at radius 1 is 1.22 bits per heavy atom. The van der Waals surface area contributed by atoms with Crippen LogP contribution in [0, 0.1) is 24.6 Å². The molecule has 2 fully saturated rings. The van der Waals surface area contributed by atoms with E-state index in [-0.39, 0.29) is 5.82 Å². The van der Waals surface area contributed by atoms with Crippen molar-refractivity contribution in [3.05, 3.63) is 35.1 Å². The number of aryl methyl sites for hydroxylation is 1. The van der Waals surface area contributed by atoms with E-state index in [0.717, 1.165) is 36.3 Å².